The maximum absolute atomic E-state index is 12.4. The predicted octanol–water partition coefficient (Wildman–Crippen LogP) is 3.74. The van der Waals surface area contributed by atoms with Gasteiger partial charge in [-0.2, -0.15) is 0 Å². The van der Waals surface area contributed by atoms with Crippen LogP contribution in [0, 0.1) is 0 Å². The number of likely N-dealkylation sites (N-methyl/N-ethyl adjacent to an activating group) is 1. The van der Waals surface area contributed by atoms with Crippen LogP contribution in [0.4, 0.5) is 0 Å². The van der Waals surface area contributed by atoms with E-state index in [0.29, 0.717) is 27.6 Å². The molecule has 0 aliphatic heterocycles. The summed E-state index contributed by atoms with van der Waals surface area (Å²) in [6.45, 7) is 0. The molecule has 0 aliphatic rings. The Hall–Kier alpha value is -2.99. The number of carbonyl (C=O) groups is 2. The quantitative estimate of drug-likeness (QED) is 0.520. The van der Waals surface area contributed by atoms with Gasteiger partial charge < -0.3 is 19.1 Å². The third-order valence-corrected chi connectivity index (χ3v) is 4.15. The fraction of sp³-hybridized carbons (Fsp3) is 0.238. The summed E-state index contributed by atoms with van der Waals surface area (Å²) in [4.78, 5) is 26.1. The minimum absolute atomic E-state index is 0.331. The Morgan fingerprint density at radius 2 is 1.75 bits per heavy atom. The lowest BCUT2D eigenvalue weighted by Crippen LogP contribution is -2.30. The van der Waals surface area contributed by atoms with Gasteiger partial charge in [0.05, 0.1) is 19.2 Å². The molecule has 2 aromatic carbocycles. The third kappa shape index (κ3) is 5.27. The summed E-state index contributed by atoms with van der Waals surface area (Å²) >= 11 is 6.16. The number of ether oxygens (including phenoxy) is 3. The molecule has 1 amide bonds. The predicted molar refractivity (Wildman–Crippen MR) is 108 cm³/mol. The number of halogens is 1. The van der Waals surface area contributed by atoms with E-state index < -0.39 is 12.1 Å². The van der Waals surface area contributed by atoms with Crippen LogP contribution in [0.3, 0.4) is 0 Å². The molecule has 0 saturated carbocycles. The van der Waals surface area contributed by atoms with Crippen molar-refractivity contribution in [1.82, 2.24) is 4.90 Å². The largest absolute Gasteiger partial charge is 0.493 e. The van der Waals surface area contributed by atoms with E-state index in [-0.39, 0.29) is 5.91 Å². The molecule has 0 aliphatic carbocycles. The van der Waals surface area contributed by atoms with Crippen molar-refractivity contribution < 1.29 is 23.8 Å². The van der Waals surface area contributed by atoms with E-state index in [9.17, 15) is 9.59 Å². The molecule has 2 aromatic rings. The first-order valence-electron chi connectivity index (χ1n) is 8.43. The number of esters is 1. The van der Waals surface area contributed by atoms with E-state index in [0.717, 1.165) is 0 Å². The molecule has 1 atom stereocenters. The van der Waals surface area contributed by atoms with Crippen molar-refractivity contribution in [1.29, 1.82) is 0 Å². The number of hydrogen-bond donors (Lipinski definition) is 0. The van der Waals surface area contributed by atoms with Crippen LogP contribution in [0.15, 0.2) is 48.5 Å². The molecule has 0 radical (unpaired) electrons. The number of amides is 1. The van der Waals surface area contributed by atoms with Gasteiger partial charge in [-0.05, 0) is 23.8 Å². The Morgan fingerprint density at radius 1 is 1.07 bits per heavy atom. The fourth-order valence-corrected chi connectivity index (χ4v) is 2.77. The number of carbonyl (C=O) groups excluding carboxylic acids is 2. The highest BCUT2D eigenvalue weighted by molar-refractivity contribution is 6.32. The van der Waals surface area contributed by atoms with E-state index >= 15 is 0 Å². The summed E-state index contributed by atoms with van der Waals surface area (Å²) in [5, 5.41) is 0.347. The van der Waals surface area contributed by atoms with Gasteiger partial charge >= 0.3 is 5.97 Å². The lowest BCUT2D eigenvalue weighted by atomic mass is 10.1. The third-order valence-electron chi connectivity index (χ3n) is 3.87. The van der Waals surface area contributed by atoms with Crippen LogP contribution in [-0.4, -0.2) is 45.1 Å². The molecule has 28 heavy (non-hydrogen) atoms. The highest BCUT2D eigenvalue weighted by Gasteiger charge is 2.25. The molecule has 2 rings (SSSR count). The molecule has 0 N–H and O–H groups in total. The second kappa shape index (κ2) is 9.80. The zero-order valence-electron chi connectivity index (χ0n) is 16.1. The number of hydrogen-bond acceptors (Lipinski definition) is 5. The van der Waals surface area contributed by atoms with Gasteiger partial charge in [0, 0.05) is 25.7 Å². The van der Waals surface area contributed by atoms with Gasteiger partial charge in [0.1, 0.15) is 0 Å². The Labute approximate surface area is 169 Å². The molecular formula is C21H22ClNO5. The molecule has 0 fully saturated rings. The molecular weight excluding hydrogens is 382 g/mol. The van der Waals surface area contributed by atoms with Crippen LogP contribution in [-0.2, 0) is 14.3 Å². The minimum atomic E-state index is -1.03. The van der Waals surface area contributed by atoms with E-state index in [1.807, 2.05) is 6.07 Å². The average Bonchev–Trinajstić information content (AvgIpc) is 2.70. The summed E-state index contributed by atoms with van der Waals surface area (Å²) < 4.78 is 15.8. The van der Waals surface area contributed by atoms with Crippen molar-refractivity contribution in [3.63, 3.8) is 0 Å². The first-order chi connectivity index (χ1) is 13.4. The molecule has 0 saturated heterocycles. The summed E-state index contributed by atoms with van der Waals surface area (Å²) in [6, 6.07) is 12.2. The number of methoxy groups -OCH3 is 2. The summed E-state index contributed by atoms with van der Waals surface area (Å²) in [5.74, 6) is -0.144. The Bertz CT molecular complexity index is 865. The molecule has 148 valence electrons. The SMILES string of the molecule is COc1cc(/C=C/C(=O)O[C@H](C(=O)N(C)C)c2ccccc2)cc(Cl)c1OC. The molecule has 0 heterocycles. The van der Waals surface area contributed by atoms with E-state index in [1.165, 1.54) is 31.3 Å². The van der Waals surface area contributed by atoms with Gasteiger partial charge in [0.2, 0.25) is 6.10 Å². The zero-order valence-corrected chi connectivity index (χ0v) is 16.9. The Kier molecular flexibility index (Phi) is 7.46. The minimum Gasteiger partial charge on any atom is -0.493 e. The fourth-order valence-electron chi connectivity index (χ4n) is 2.48. The first kappa shape index (κ1) is 21.3. The number of nitrogens with zero attached hydrogens (tertiary/aromatic N) is 1. The zero-order chi connectivity index (χ0) is 20.7. The smallest absolute Gasteiger partial charge is 0.331 e. The second-order valence-electron chi connectivity index (χ2n) is 6.03. The van der Waals surface area contributed by atoms with Gasteiger partial charge in [0.25, 0.3) is 5.91 Å². The van der Waals surface area contributed by atoms with Crippen LogP contribution in [0.5, 0.6) is 11.5 Å². The highest BCUT2D eigenvalue weighted by atomic mass is 35.5. The molecule has 0 spiro atoms. The maximum atomic E-state index is 12.4. The molecule has 0 unspecified atom stereocenters. The Morgan fingerprint density at radius 3 is 2.32 bits per heavy atom. The van der Waals surface area contributed by atoms with Crippen LogP contribution in [0.2, 0.25) is 5.02 Å². The molecule has 7 heteroatoms. The van der Waals surface area contributed by atoms with Gasteiger partial charge in [0.15, 0.2) is 11.5 Å². The Balaban J connectivity index is 2.21. The lowest BCUT2D eigenvalue weighted by Gasteiger charge is -2.20. The standard InChI is InChI=1S/C21H22ClNO5/c1-23(2)21(25)19(15-8-6-5-7-9-15)28-18(24)11-10-14-12-16(22)20(27-4)17(13-14)26-3/h5-13,19H,1-4H3/b11-10+/t19-/m0/s1. The van der Waals surface area contributed by atoms with Crippen molar-refractivity contribution >= 4 is 29.6 Å². The molecule has 0 aromatic heterocycles. The normalized spacial score (nSPS) is 11.8. The van der Waals surface area contributed by atoms with Crippen molar-refractivity contribution in [2.75, 3.05) is 28.3 Å². The van der Waals surface area contributed by atoms with E-state index in [1.54, 1.807) is 50.5 Å². The topological polar surface area (TPSA) is 65.1 Å². The summed E-state index contributed by atoms with van der Waals surface area (Å²) in [7, 11) is 6.19. The number of benzene rings is 2. The summed E-state index contributed by atoms with van der Waals surface area (Å²) in [5.41, 5.74) is 1.21. The lowest BCUT2D eigenvalue weighted by molar-refractivity contribution is -0.155. The molecule has 0 bridgehead atoms. The van der Waals surface area contributed by atoms with Gasteiger partial charge in [-0.1, -0.05) is 41.9 Å². The maximum Gasteiger partial charge on any atom is 0.331 e. The van der Waals surface area contributed by atoms with Crippen molar-refractivity contribution in [3.05, 3.63) is 64.7 Å². The highest BCUT2D eigenvalue weighted by Crippen LogP contribution is 2.36. The second-order valence-corrected chi connectivity index (χ2v) is 6.44. The van der Waals surface area contributed by atoms with Crippen LogP contribution in [0.1, 0.15) is 17.2 Å². The van der Waals surface area contributed by atoms with E-state index in [4.69, 9.17) is 25.8 Å². The molecule has 6 nitrogen and oxygen atoms in total. The number of rotatable bonds is 7. The first-order valence-corrected chi connectivity index (χ1v) is 8.81. The van der Waals surface area contributed by atoms with E-state index in [2.05, 4.69) is 0 Å². The summed E-state index contributed by atoms with van der Waals surface area (Å²) in [6.07, 6.45) is 1.73. The van der Waals surface area contributed by atoms with Crippen LogP contribution in [0.25, 0.3) is 6.08 Å². The van der Waals surface area contributed by atoms with Crippen LogP contribution < -0.4 is 9.47 Å². The van der Waals surface area contributed by atoms with Gasteiger partial charge in [-0.15, -0.1) is 0 Å². The van der Waals surface area contributed by atoms with Gasteiger partial charge in [-0.3, -0.25) is 4.79 Å². The van der Waals surface area contributed by atoms with Crippen molar-refractivity contribution in [3.8, 4) is 11.5 Å². The van der Waals surface area contributed by atoms with Crippen molar-refractivity contribution in [2.45, 2.75) is 6.10 Å². The monoisotopic (exact) mass is 403 g/mol. The van der Waals surface area contributed by atoms with Gasteiger partial charge in [-0.25, -0.2) is 4.79 Å². The van der Waals surface area contributed by atoms with Crippen molar-refractivity contribution in [2.24, 2.45) is 0 Å². The van der Waals surface area contributed by atoms with Crippen LogP contribution >= 0.6 is 11.6 Å². The average molecular weight is 404 g/mol.